The van der Waals surface area contributed by atoms with E-state index in [1.807, 2.05) is 0 Å². The monoisotopic (exact) mass is 267 g/mol. The van der Waals surface area contributed by atoms with Crippen LogP contribution in [0.2, 0.25) is 0 Å². The van der Waals surface area contributed by atoms with Gasteiger partial charge in [0.2, 0.25) is 0 Å². The Morgan fingerprint density at radius 1 is 1.26 bits per heavy atom. The zero-order chi connectivity index (χ0) is 14.6. The summed E-state index contributed by atoms with van der Waals surface area (Å²) in [6.07, 6.45) is 0. The SMILES string of the molecule is CC(C)CN(Cc1cc(F)cc(C(=O)O)c1)C(C)C. The van der Waals surface area contributed by atoms with Crippen molar-refractivity contribution in [3.05, 3.63) is 35.1 Å². The van der Waals surface area contributed by atoms with Gasteiger partial charge in [-0.1, -0.05) is 13.8 Å². The van der Waals surface area contributed by atoms with Gasteiger partial charge in [-0.2, -0.15) is 0 Å². The van der Waals surface area contributed by atoms with Gasteiger partial charge in [0, 0.05) is 19.1 Å². The van der Waals surface area contributed by atoms with Gasteiger partial charge in [0.05, 0.1) is 5.56 Å². The van der Waals surface area contributed by atoms with Gasteiger partial charge in [-0.3, -0.25) is 4.90 Å². The third kappa shape index (κ3) is 4.99. The molecule has 0 saturated heterocycles. The van der Waals surface area contributed by atoms with Crippen molar-refractivity contribution in [2.24, 2.45) is 5.92 Å². The van der Waals surface area contributed by atoms with Crippen molar-refractivity contribution >= 4 is 5.97 Å². The molecule has 0 spiro atoms. The molecule has 0 atom stereocenters. The third-order valence-electron chi connectivity index (χ3n) is 2.92. The van der Waals surface area contributed by atoms with Crippen LogP contribution < -0.4 is 0 Å². The molecular weight excluding hydrogens is 245 g/mol. The lowest BCUT2D eigenvalue weighted by Gasteiger charge is -2.28. The molecule has 106 valence electrons. The van der Waals surface area contributed by atoms with Crippen molar-refractivity contribution in [1.82, 2.24) is 4.90 Å². The zero-order valence-electron chi connectivity index (χ0n) is 12.0. The van der Waals surface area contributed by atoms with Gasteiger partial charge < -0.3 is 5.11 Å². The van der Waals surface area contributed by atoms with Crippen molar-refractivity contribution < 1.29 is 14.3 Å². The molecule has 0 heterocycles. The Morgan fingerprint density at radius 2 is 1.89 bits per heavy atom. The molecule has 0 amide bonds. The summed E-state index contributed by atoms with van der Waals surface area (Å²) in [5.41, 5.74) is 0.704. The molecule has 0 unspecified atom stereocenters. The fourth-order valence-corrected chi connectivity index (χ4v) is 2.03. The summed E-state index contributed by atoms with van der Waals surface area (Å²) in [6.45, 7) is 9.89. The van der Waals surface area contributed by atoms with Gasteiger partial charge in [-0.15, -0.1) is 0 Å². The topological polar surface area (TPSA) is 40.5 Å². The van der Waals surface area contributed by atoms with E-state index in [1.165, 1.54) is 6.07 Å². The number of hydrogen-bond acceptors (Lipinski definition) is 2. The molecule has 4 heteroatoms. The minimum Gasteiger partial charge on any atom is -0.478 e. The molecule has 0 fully saturated rings. The van der Waals surface area contributed by atoms with Gasteiger partial charge >= 0.3 is 5.97 Å². The number of benzene rings is 1. The fraction of sp³-hybridized carbons (Fsp3) is 0.533. The second-order valence-electron chi connectivity index (χ2n) is 5.57. The Kier molecular flexibility index (Phi) is 5.48. The van der Waals surface area contributed by atoms with Crippen LogP contribution in [0.5, 0.6) is 0 Å². The summed E-state index contributed by atoms with van der Waals surface area (Å²) in [5.74, 6) is -1.08. The summed E-state index contributed by atoms with van der Waals surface area (Å²) < 4.78 is 13.4. The van der Waals surface area contributed by atoms with Crippen molar-refractivity contribution in [3.63, 3.8) is 0 Å². The minimum absolute atomic E-state index is 0.00301. The molecule has 0 aromatic heterocycles. The van der Waals surface area contributed by atoms with Crippen LogP contribution in [-0.4, -0.2) is 28.6 Å². The summed E-state index contributed by atoms with van der Waals surface area (Å²) in [5, 5.41) is 8.94. The number of carboxylic acids is 1. The molecule has 0 aliphatic rings. The first-order valence-electron chi connectivity index (χ1n) is 6.56. The second kappa shape index (κ2) is 6.66. The molecular formula is C15H22FNO2. The molecule has 0 aliphatic carbocycles. The van der Waals surface area contributed by atoms with Crippen molar-refractivity contribution in [2.75, 3.05) is 6.54 Å². The van der Waals surface area contributed by atoms with E-state index in [9.17, 15) is 9.18 Å². The van der Waals surface area contributed by atoms with Gasteiger partial charge in [-0.05, 0) is 43.5 Å². The van der Waals surface area contributed by atoms with Crippen molar-refractivity contribution in [3.8, 4) is 0 Å². The number of rotatable bonds is 6. The summed E-state index contributed by atoms with van der Waals surface area (Å²) in [7, 11) is 0. The van der Waals surface area contributed by atoms with E-state index in [4.69, 9.17) is 5.11 Å². The summed E-state index contributed by atoms with van der Waals surface area (Å²) >= 11 is 0. The summed E-state index contributed by atoms with van der Waals surface area (Å²) in [4.78, 5) is 13.1. The van der Waals surface area contributed by atoms with Crippen LogP contribution in [0.25, 0.3) is 0 Å². The lowest BCUT2D eigenvalue weighted by molar-refractivity contribution is 0.0696. The van der Waals surface area contributed by atoms with Gasteiger partial charge in [-0.25, -0.2) is 9.18 Å². The minimum atomic E-state index is -1.10. The highest BCUT2D eigenvalue weighted by molar-refractivity contribution is 5.87. The highest BCUT2D eigenvalue weighted by Crippen LogP contribution is 2.15. The highest BCUT2D eigenvalue weighted by Gasteiger charge is 2.14. The van der Waals surface area contributed by atoms with E-state index in [0.29, 0.717) is 24.1 Å². The van der Waals surface area contributed by atoms with Crippen LogP contribution in [0, 0.1) is 11.7 Å². The standard InChI is InChI=1S/C15H22FNO2/c1-10(2)8-17(11(3)4)9-12-5-13(15(18)19)7-14(16)6-12/h5-7,10-11H,8-9H2,1-4H3,(H,18,19). The smallest absolute Gasteiger partial charge is 0.335 e. The predicted octanol–water partition coefficient (Wildman–Crippen LogP) is 3.39. The molecule has 0 radical (unpaired) electrons. The Balaban J connectivity index is 2.92. The average Bonchev–Trinajstić information content (AvgIpc) is 2.26. The number of carboxylic acid groups (broad SMARTS) is 1. The first-order chi connectivity index (χ1) is 8.79. The van der Waals surface area contributed by atoms with Crippen LogP contribution >= 0.6 is 0 Å². The number of carbonyl (C=O) groups is 1. The van der Waals surface area contributed by atoms with E-state index in [1.54, 1.807) is 6.07 Å². The van der Waals surface area contributed by atoms with Crippen LogP contribution in [0.1, 0.15) is 43.6 Å². The van der Waals surface area contributed by atoms with Gasteiger partial charge in [0.25, 0.3) is 0 Å². The Labute approximate surface area is 114 Å². The number of aromatic carboxylic acids is 1. The first-order valence-corrected chi connectivity index (χ1v) is 6.56. The van der Waals surface area contributed by atoms with E-state index in [0.717, 1.165) is 12.6 Å². The molecule has 0 bridgehead atoms. The highest BCUT2D eigenvalue weighted by atomic mass is 19.1. The van der Waals surface area contributed by atoms with Gasteiger partial charge in [0.15, 0.2) is 0 Å². The molecule has 1 aromatic carbocycles. The van der Waals surface area contributed by atoms with Crippen LogP contribution in [-0.2, 0) is 6.54 Å². The quantitative estimate of drug-likeness (QED) is 0.859. The lowest BCUT2D eigenvalue weighted by atomic mass is 10.1. The zero-order valence-corrected chi connectivity index (χ0v) is 12.0. The maximum absolute atomic E-state index is 13.4. The number of hydrogen-bond donors (Lipinski definition) is 1. The van der Waals surface area contributed by atoms with Gasteiger partial charge in [0.1, 0.15) is 5.82 Å². The van der Waals surface area contributed by atoms with E-state index in [2.05, 4.69) is 32.6 Å². The molecule has 0 aliphatic heterocycles. The number of halogens is 1. The van der Waals surface area contributed by atoms with Crippen LogP contribution in [0.3, 0.4) is 0 Å². The maximum Gasteiger partial charge on any atom is 0.335 e. The normalized spacial score (nSPS) is 11.6. The molecule has 1 aromatic rings. The Morgan fingerprint density at radius 3 is 2.37 bits per heavy atom. The number of nitrogens with zero attached hydrogens (tertiary/aromatic N) is 1. The summed E-state index contributed by atoms with van der Waals surface area (Å²) in [6, 6.07) is 4.33. The van der Waals surface area contributed by atoms with Crippen molar-refractivity contribution in [1.29, 1.82) is 0 Å². The second-order valence-corrected chi connectivity index (χ2v) is 5.57. The first kappa shape index (κ1) is 15.6. The predicted molar refractivity (Wildman–Crippen MR) is 73.7 cm³/mol. The Bertz CT molecular complexity index is 444. The maximum atomic E-state index is 13.4. The Hall–Kier alpha value is -1.42. The molecule has 1 rings (SSSR count). The molecule has 3 nitrogen and oxygen atoms in total. The van der Waals surface area contributed by atoms with E-state index in [-0.39, 0.29) is 5.56 Å². The third-order valence-corrected chi connectivity index (χ3v) is 2.92. The lowest BCUT2D eigenvalue weighted by Crippen LogP contribution is -2.33. The molecule has 0 saturated carbocycles. The molecule has 1 N–H and O–H groups in total. The van der Waals surface area contributed by atoms with E-state index < -0.39 is 11.8 Å². The van der Waals surface area contributed by atoms with Crippen LogP contribution in [0.4, 0.5) is 4.39 Å². The largest absolute Gasteiger partial charge is 0.478 e. The van der Waals surface area contributed by atoms with E-state index >= 15 is 0 Å². The van der Waals surface area contributed by atoms with Crippen LogP contribution in [0.15, 0.2) is 18.2 Å². The fourth-order valence-electron chi connectivity index (χ4n) is 2.03. The van der Waals surface area contributed by atoms with Crippen molar-refractivity contribution in [2.45, 2.75) is 40.3 Å². The molecule has 19 heavy (non-hydrogen) atoms. The average molecular weight is 267 g/mol.